The van der Waals surface area contributed by atoms with Crippen molar-refractivity contribution in [3.63, 3.8) is 0 Å². The number of anilines is 1. The molecule has 0 saturated heterocycles. The Morgan fingerprint density at radius 3 is 2.41 bits per heavy atom. The Morgan fingerprint density at radius 2 is 1.82 bits per heavy atom. The molecule has 0 aliphatic rings. The van der Waals surface area contributed by atoms with Gasteiger partial charge in [-0.25, -0.2) is 0 Å². The molecule has 0 atom stereocenters. The SMILES string of the molecule is N#Cc1ccc(-c2ccc(N)cc2CO)cc1. The molecule has 0 saturated carbocycles. The highest BCUT2D eigenvalue weighted by molar-refractivity contribution is 5.70. The third kappa shape index (κ3) is 2.27. The predicted octanol–water partition coefficient (Wildman–Crippen LogP) is 2.30. The van der Waals surface area contributed by atoms with Crippen LogP contribution in [0, 0.1) is 11.3 Å². The van der Waals surface area contributed by atoms with Crippen LogP contribution in [0.5, 0.6) is 0 Å². The van der Waals surface area contributed by atoms with Crippen molar-refractivity contribution in [3.8, 4) is 17.2 Å². The fraction of sp³-hybridized carbons (Fsp3) is 0.0714. The lowest BCUT2D eigenvalue weighted by atomic mass is 9.98. The Kier molecular flexibility index (Phi) is 3.08. The second-order valence-corrected chi connectivity index (χ2v) is 3.76. The number of benzene rings is 2. The van der Waals surface area contributed by atoms with E-state index >= 15 is 0 Å². The van der Waals surface area contributed by atoms with Gasteiger partial charge in [-0.15, -0.1) is 0 Å². The van der Waals surface area contributed by atoms with Gasteiger partial charge in [0.1, 0.15) is 0 Å². The van der Waals surface area contributed by atoms with Gasteiger partial charge in [0.15, 0.2) is 0 Å². The zero-order valence-corrected chi connectivity index (χ0v) is 9.22. The maximum Gasteiger partial charge on any atom is 0.0991 e. The number of nitrogens with zero attached hydrogens (tertiary/aromatic N) is 1. The maximum absolute atomic E-state index is 9.30. The van der Waals surface area contributed by atoms with Gasteiger partial charge in [0.25, 0.3) is 0 Å². The largest absolute Gasteiger partial charge is 0.399 e. The zero-order valence-electron chi connectivity index (χ0n) is 9.22. The van der Waals surface area contributed by atoms with E-state index in [1.54, 1.807) is 24.3 Å². The van der Waals surface area contributed by atoms with Crippen LogP contribution in [0.15, 0.2) is 42.5 Å². The number of hydrogen-bond donors (Lipinski definition) is 2. The first-order valence-electron chi connectivity index (χ1n) is 5.24. The number of nitrogen functional groups attached to an aromatic ring is 1. The molecule has 84 valence electrons. The van der Waals surface area contributed by atoms with Crippen molar-refractivity contribution in [2.45, 2.75) is 6.61 Å². The Balaban J connectivity index is 2.49. The Hall–Kier alpha value is -2.31. The first-order chi connectivity index (χ1) is 8.24. The molecule has 0 radical (unpaired) electrons. The Labute approximate surface area is 99.7 Å². The van der Waals surface area contributed by atoms with E-state index in [0.717, 1.165) is 16.7 Å². The van der Waals surface area contributed by atoms with Crippen molar-refractivity contribution in [2.75, 3.05) is 5.73 Å². The molecule has 3 N–H and O–H groups in total. The lowest BCUT2D eigenvalue weighted by Gasteiger charge is -2.08. The monoisotopic (exact) mass is 224 g/mol. The van der Waals surface area contributed by atoms with Crippen LogP contribution in [0.1, 0.15) is 11.1 Å². The summed E-state index contributed by atoms with van der Waals surface area (Å²) in [5, 5.41) is 18.0. The Morgan fingerprint density at radius 1 is 1.12 bits per heavy atom. The summed E-state index contributed by atoms with van der Waals surface area (Å²) in [6.07, 6.45) is 0. The van der Waals surface area contributed by atoms with Crippen molar-refractivity contribution < 1.29 is 5.11 Å². The van der Waals surface area contributed by atoms with E-state index in [0.29, 0.717) is 11.3 Å². The molecule has 0 unspecified atom stereocenters. The van der Waals surface area contributed by atoms with Gasteiger partial charge in [-0.3, -0.25) is 0 Å². The van der Waals surface area contributed by atoms with Crippen LogP contribution in [0.3, 0.4) is 0 Å². The molecule has 0 aliphatic heterocycles. The molecule has 0 heterocycles. The summed E-state index contributed by atoms with van der Waals surface area (Å²) in [4.78, 5) is 0. The third-order valence-electron chi connectivity index (χ3n) is 2.62. The molecule has 2 aromatic rings. The number of aliphatic hydroxyl groups excluding tert-OH is 1. The summed E-state index contributed by atoms with van der Waals surface area (Å²) in [6.45, 7) is -0.0552. The normalized spacial score (nSPS) is 9.88. The quantitative estimate of drug-likeness (QED) is 0.769. The summed E-state index contributed by atoms with van der Waals surface area (Å²) in [7, 11) is 0. The fourth-order valence-corrected chi connectivity index (χ4v) is 1.75. The summed E-state index contributed by atoms with van der Waals surface area (Å²) in [5.41, 5.74) is 9.61. The van der Waals surface area contributed by atoms with Gasteiger partial charge in [-0.05, 0) is 41.0 Å². The number of nitriles is 1. The highest BCUT2D eigenvalue weighted by Crippen LogP contribution is 2.25. The van der Waals surface area contributed by atoms with E-state index < -0.39 is 0 Å². The molecule has 3 nitrogen and oxygen atoms in total. The van der Waals surface area contributed by atoms with Gasteiger partial charge in [-0.1, -0.05) is 18.2 Å². The summed E-state index contributed by atoms with van der Waals surface area (Å²) in [5.74, 6) is 0. The molecule has 0 amide bonds. The standard InChI is InChI=1S/C14H12N2O/c15-8-10-1-3-11(4-2-10)14-6-5-13(16)7-12(14)9-17/h1-7,17H,9,16H2. The molecule has 2 rings (SSSR count). The number of aliphatic hydroxyl groups is 1. The maximum atomic E-state index is 9.30. The molecule has 2 aromatic carbocycles. The van der Waals surface area contributed by atoms with Crippen molar-refractivity contribution in [2.24, 2.45) is 0 Å². The molecule has 0 aliphatic carbocycles. The Bertz CT molecular complexity index is 568. The van der Waals surface area contributed by atoms with Crippen LogP contribution >= 0.6 is 0 Å². The second kappa shape index (κ2) is 4.69. The molecule has 0 spiro atoms. The van der Waals surface area contributed by atoms with Crippen LogP contribution in [0.25, 0.3) is 11.1 Å². The topological polar surface area (TPSA) is 70.0 Å². The number of nitrogens with two attached hydrogens (primary N) is 1. The minimum atomic E-state index is -0.0552. The van der Waals surface area contributed by atoms with Gasteiger partial charge >= 0.3 is 0 Å². The average molecular weight is 224 g/mol. The fourth-order valence-electron chi connectivity index (χ4n) is 1.75. The number of hydrogen-bond acceptors (Lipinski definition) is 3. The van der Waals surface area contributed by atoms with Crippen LogP contribution < -0.4 is 5.73 Å². The second-order valence-electron chi connectivity index (χ2n) is 3.76. The van der Waals surface area contributed by atoms with Crippen LogP contribution in [0.4, 0.5) is 5.69 Å². The molecule has 0 fully saturated rings. The predicted molar refractivity (Wildman–Crippen MR) is 66.9 cm³/mol. The lowest BCUT2D eigenvalue weighted by Crippen LogP contribution is -1.93. The zero-order chi connectivity index (χ0) is 12.3. The molecule has 17 heavy (non-hydrogen) atoms. The molecular weight excluding hydrogens is 212 g/mol. The smallest absolute Gasteiger partial charge is 0.0991 e. The van der Waals surface area contributed by atoms with Gasteiger partial charge < -0.3 is 10.8 Å². The van der Waals surface area contributed by atoms with Crippen molar-refractivity contribution in [3.05, 3.63) is 53.6 Å². The van der Waals surface area contributed by atoms with E-state index in [2.05, 4.69) is 6.07 Å². The van der Waals surface area contributed by atoms with E-state index in [1.807, 2.05) is 18.2 Å². The van der Waals surface area contributed by atoms with Crippen molar-refractivity contribution >= 4 is 5.69 Å². The highest BCUT2D eigenvalue weighted by atomic mass is 16.3. The van der Waals surface area contributed by atoms with E-state index in [9.17, 15) is 5.11 Å². The van der Waals surface area contributed by atoms with Gasteiger partial charge in [0.05, 0.1) is 18.2 Å². The minimum absolute atomic E-state index is 0.0552. The molecule has 3 heteroatoms. The minimum Gasteiger partial charge on any atom is -0.399 e. The lowest BCUT2D eigenvalue weighted by molar-refractivity contribution is 0.282. The average Bonchev–Trinajstić information content (AvgIpc) is 2.39. The highest BCUT2D eigenvalue weighted by Gasteiger charge is 2.04. The van der Waals surface area contributed by atoms with Crippen LogP contribution in [0.2, 0.25) is 0 Å². The summed E-state index contributed by atoms with van der Waals surface area (Å²) >= 11 is 0. The van der Waals surface area contributed by atoms with Crippen molar-refractivity contribution in [1.82, 2.24) is 0 Å². The van der Waals surface area contributed by atoms with E-state index in [-0.39, 0.29) is 6.61 Å². The van der Waals surface area contributed by atoms with Gasteiger partial charge in [0.2, 0.25) is 0 Å². The van der Waals surface area contributed by atoms with Crippen molar-refractivity contribution in [1.29, 1.82) is 5.26 Å². The van der Waals surface area contributed by atoms with Crippen LogP contribution in [-0.2, 0) is 6.61 Å². The van der Waals surface area contributed by atoms with Gasteiger partial charge in [-0.2, -0.15) is 5.26 Å². The van der Waals surface area contributed by atoms with E-state index in [1.165, 1.54) is 0 Å². The number of rotatable bonds is 2. The molecular formula is C14H12N2O. The first-order valence-corrected chi connectivity index (χ1v) is 5.24. The summed E-state index contributed by atoms with van der Waals surface area (Å²) in [6, 6.07) is 14.7. The molecule has 0 aromatic heterocycles. The van der Waals surface area contributed by atoms with Crippen LogP contribution in [-0.4, -0.2) is 5.11 Å². The first kappa shape index (κ1) is 11.2. The van der Waals surface area contributed by atoms with Gasteiger partial charge in [0, 0.05) is 5.69 Å². The molecule has 0 bridgehead atoms. The summed E-state index contributed by atoms with van der Waals surface area (Å²) < 4.78 is 0. The third-order valence-corrected chi connectivity index (χ3v) is 2.62. The van der Waals surface area contributed by atoms with E-state index in [4.69, 9.17) is 11.0 Å².